The maximum absolute atomic E-state index is 13.2. The number of anilines is 1. The molecule has 32 heavy (non-hydrogen) atoms. The average Bonchev–Trinajstić information content (AvgIpc) is 3.06. The topological polar surface area (TPSA) is 45.7 Å². The maximum Gasteiger partial charge on any atom is 0.433 e. The molecule has 1 atom stereocenters. The quantitative estimate of drug-likeness (QED) is 0.588. The van der Waals surface area contributed by atoms with E-state index in [1.54, 1.807) is 24.0 Å². The van der Waals surface area contributed by atoms with Crippen molar-refractivity contribution >= 4 is 34.8 Å². The van der Waals surface area contributed by atoms with Gasteiger partial charge in [-0.15, -0.1) is 0 Å². The molecule has 1 aromatic heterocycles. The Morgan fingerprint density at radius 1 is 1.25 bits per heavy atom. The van der Waals surface area contributed by atoms with Gasteiger partial charge in [0.25, 0.3) is 5.91 Å². The van der Waals surface area contributed by atoms with E-state index in [2.05, 4.69) is 4.98 Å². The fourth-order valence-electron chi connectivity index (χ4n) is 4.32. The molecule has 0 saturated carbocycles. The molecule has 1 aromatic carbocycles. The van der Waals surface area contributed by atoms with Gasteiger partial charge in [-0.25, -0.2) is 4.98 Å². The van der Waals surface area contributed by atoms with Gasteiger partial charge >= 0.3 is 6.18 Å². The van der Waals surface area contributed by atoms with Gasteiger partial charge in [-0.3, -0.25) is 4.79 Å². The second-order valence-corrected chi connectivity index (χ2v) is 8.89. The maximum atomic E-state index is 13.2. The molecule has 0 bridgehead atoms. The smallest absolute Gasteiger partial charge is 0.378 e. The first-order valence-corrected chi connectivity index (χ1v) is 11.0. The van der Waals surface area contributed by atoms with E-state index in [0.29, 0.717) is 65.9 Å². The summed E-state index contributed by atoms with van der Waals surface area (Å²) < 4.78 is 45.0. The van der Waals surface area contributed by atoms with Gasteiger partial charge in [-0.05, 0) is 30.7 Å². The van der Waals surface area contributed by atoms with Crippen molar-refractivity contribution in [2.24, 2.45) is 0 Å². The number of pyridine rings is 1. The predicted octanol–water partition coefficient (Wildman–Crippen LogP) is 5.31. The lowest BCUT2D eigenvalue weighted by Crippen LogP contribution is -2.40. The summed E-state index contributed by atoms with van der Waals surface area (Å²) in [6.07, 6.45) is -4.51. The third-order valence-corrected chi connectivity index (χ3v) is 6.68. The van der Waals surface area contributed by atoms with Gasteiger partial charge in [0.15, 0.2) is 0 Å². The zero-order valence-corrected chi connectivity index (χ0v) is 19.1. The van der Waals surface area contributed by atoms with E-state index in [4.69, 9.17) is 27.9 Å². The number of aryl methyl sites for hydroxylation is 1. The summed E-state index contributed by atoms with van der Waals surface area (Å²) in [5.74, 6) is -0.317. The van der Waals surface area contributed by atoms with E-state index in [9.17, 15) is 18.0 Å². The molecule has 1 fully saturated rings. The standard InChI is InChI=1S/C22H22Cl2F3N3O2/c1-12-10-30(20-13(2)28-18(9-15(12)20)22(25,26)27)11-16-17(23)4-3-14(19(16)24)21(31)29-5-7-32-8-6-29/h3-4,9,12H,5-8,10-11H2,1-2H3. The van der Waals surface area contributed by atoms with E-state index in [-0.39, 0.29) is 23.4 Å². The number of carbonyl (C=O) groups excluding carboxylic acids is 1. The summed E-state index contributed by atoms with van der Waals surface area (Å²) in [6, 6.07) is 4.36. The zero-order valence-electron chi connectivity index (χ0n) is 17.6. The first kappa shape index (κ1) is 23.1. The van der Waals surface area contributed by atoms with Crippen LogP contribution in [-0.2, 0) is 17.5 Å². The number of benzene rings is 1. The number of carbonyl (C=O) groups is 1. The first-order valence-electron chi connectivity index (χ1n) is 10.3. The lowest BCUT2D eigenvalue weighted by molar-refractivity contribution is -0.141. The Balaban J connectivity index is 1.67. The van der Waals surface area contributed by atoms with Crippen molar-refractivity contribution in [3.8, 4) is 0 Å². The summed E-state index contributed by atoms with van der Waals surface area (Å²) in [6.45, 7) is 6.10. The number of halogens is 5. The van der Waals surface area contributed by atoms with Crippen LogP contribution in [0.25, 0.3) is 0 Å². The normalized spacial score (nSPS) is 18.8. The lowest BCUT2D eigenvalue weighted by atomic mass is 10.0. The van der Waals surface area contributed by atoms with Crippen LogP contribution in [0.4, 0.5) is 18.9 Å². The SMILES string of the molecule is Cc1nc(C(F)(F)F)cc2c1N(Cc1c(Cl)ccc(C(=O)N3CCOCC3)c1Cl)CC2C. The molecule has 172 valence electrons. The second kappa shape index (κ2) is 8.72. The van der Waals surface area contributed by atoms with Crippen molar-refractivity contribution in [1.29, 1.82) is 0 Å². The summed E-state index contributed by atoms with van der Waals surface area (Å²) in [5.41, 5.74) is 1.57. The summed E-state index contributed by atoms with van der Waals surface area (Å²) in [5, 5.41) is 0.653. The van der Waals surface area contributed by atoms with Crippen LogP contribution in [0.5, 0.6) is 0 Å². The Morgan fingerprint density at radius 3 is 2.59 bits per heavy atom. The minimum atomic E-state index is -4.51. The Kier molecular flexibility index (Phi) is 6.31. The molecule has 0 radical (unpaired) electrons. The molecule has 1 unspecified atom stereocenters. The number of morpholine rings is 1. The number of hydrogen-bond donors (Lipinski definition) is 0. The van der Waals surface area contributed by atoms with Crippen LogP contribution in [0.15, 0.2) is 18.2 Å². The van der Waals surface area contributed by atoms with Gasteiger partial charge < -0.3 is 14.5 Å². The van der Waals surface area contributed by atoms with E-state index >= 15 is 0 Å². The number of rotatable bonds is 3. The minimum Gasteiger partial charge on any atom is -0.378 e. The predicted molar refractivity (Wildman–Crippen MR) is 117 cm³/mol. The van der Waals surface area contributed by atoms with Gasteiger partial charge in [-0.1, -0.05) is 30.1 Å². The number of fused-ring (bicyclic) bond motifs is 1. The molecule has 1 amide bonds. The number of hydrogen-bond acceptors (Lipinski definition) is 4. The van der Waals surface area contributed by atoms with Crippen LogP contribution in [0.1, 0.15) is 45.7 Å². The van der Waals surface area contributed by atoms with Crippen molar-refractivity contribution in [1.82, 2.24) is 9.88 Å². The largest absolute Gasteiger partial charge is 0.433 e. The van der Waals surface area contributed by atoms with E-state index < -0.39 is 11.9 Å². The number of alkyl halides is 3. The highest BCUT2D eigenvalue weighted by atomic mass is 35.5. The van der Waals surface area contributed by atoms with Gasteiger partial charge in [0, 0.05) is 42.7 Å². The molecule has 4 rings (SSSR count). The Hall–Kier alpha value is -2.03. The minimum absolute atomic E-state index is 0.122. The molecule has 2 aromatic rings. The Labute approximate surface area is 194 Å². The van der Waals surface area contributed by atoms with E-state index in [0.717, 1.165) is 6.07 Å². The summed E-state index contributed by atoms with van der Waals surface area (Å²) in [7, 11) is 0. The van der Waals surface area contributed by atoms with Crippen LogP contribution < -0.4 is 4.90 Å². The Morgan fingerprint density at radius 2 is 1.94 bits per heavy atom. The van der Waals surface area contributed by atoms with Crippen LogP contribution in [0.2, 0.25) is 10.0 Å². The summed E-state index contributed by atoms with van der Waals surface area (Å²) in [4.78, 5) is 20.4. The Bertz CT molecular complexity index is 1060. The molecule has 0 spiro atoms. The molecular weight excluding hydrogens is 466 g/mol. The molecule has 2 aliphatic rings. The highest BCUT2D eigenvalue weighted by molar-refractivity contribution is 6.38. The summed E-state index contributed by atoms with van der Waals surface area (Å²) >= 11 is 13.1. The van der Waals surface area contributed by atoms with Crippen LogP contribution in [0, 0.1) is 6.92 Å². The number of amides is 1. The van der Waals surface area contributed by atoms with Crippen molar-refractivity contribution in [3.05, 3.63) is 56.3 Å². The number of aromatic nitrogens is 1. The van der Waals surface area contributed by atoms with Gasteiger partial charge in [-0.2, -0.15) is 13.2 Å². The molecule has 3 heterocycles. The van der Waals surface area contributed by atoms with Crippen LogP contribution in [0.3, 0.4) is 0 Å². The van der Waals surface area contributed by atoms with Crippen molar-refractivity contribution in [2.75, 3.05) is 37.7 Å². The van der Waals surface area contributed by atoms with Crippen LogP contribution in [-0.4, -0.2) is 48.6 Å². The van der Waals surface area contributed by atoms with Crippen molar-refractivity contribution in [2.45, 2.75) is 32.5 Å². The average molecular weight is 488 g/mol. The molecule has 1 saturated heterocycles. The zero-order chi connectivity index (χ0) is 23.2. The van der Waals surface area contributed by atoms with E-state index in [1.807, 2.05) is 11.8 Å². The molecule has 5 nitrogen and oxygen atoms in total. The third kappa shape index (κ3) is 4.28. The molecule has 2 aliphatic heterocycles. The molecular formula is C22H22Cl2F3N3O2. The van der Waals surface area contributed by atoms with Gasteiger partial charge in [0.1, 0.15) is 5.69 Å². The molecule has 0 N–H and O–H groups in total. The molecule has 0 aliphatic carbocycles. The fraction of sp³-hybridized carbons (Fsp3) is 0.455. The monoisotopic (exact) mass is 487 g/mol. The highest BCUT2D eigenvalue weighted by Gasteiger charge is 2.37. The third-order valence-electron chi connectivity index (χ3n) is 5.89. The van der Waals surface area contributed by atoms with Crippen molar-refractivity contribution < 1.29 is 22.7 Å². The van der Waals surface area contributed by atoms with E-state index in [1.165, 1.54) is 0 Å². The first-order chi connectivity index (χ1) is 15.1. The fourth-order valence-corrected chi connectivity index (χ4v) is 4.89. The lowest BCUT2D eigenvalue weighted by Gasteiger charge is -2.28. The number of nitrogens with zero attached hydrogens (tertiary/aromatic N) is 3. The molecule has 10 heteroatoms. The van der Waals surface area contributed by atoms with Gasteiger partial charge in [0.2, 0.25) is 0 Å². The second-order valence-electron chi connectivity index (χ2n) is 8.10. The highest BCUT2D eigenvalue weighted by Crippen LogP contribution is 2.43. The number of ether oxygens (including phenoxy) is 1. The van der Waals surface area contributed by atoms with Crippen molar-refractivity contribution in [3.63, 3.8) is 0 Å². The van der Waals surface area contributed by atoms with Gasteiger partial charge in [0.05, 0.1) is 35.2 Å². The van der Waals surface area contributed by atoms with Crippen LogP contribution >= 0.6 is 23.2 Å².